The maximum Gasteiger partial charge on any atom is 0.133 e. The van der Waals surface area contributed by atoms with Gasteiger partial charge in [0.1, 0.15) is 5.75 Å². The van der Waals surface area contributed by atoms with Gasteiger partial charge in [0.25, 0.3) is 0 Å². The van der Waals surface area contributed by atoms with Gasteiger partial charge in [0.15, 0.2) is 0 Å². The van der Waals surface area contributed by atoms with Crippen molar-refractivity contribution in [3.63, 3.8) is 0 Å². The minimum atomic E-state index is 0.894. The summed E-state index contributed by atoms with van der Waals surface area (Å²) in [6, 6.07) is 6.26. The highest BCUT2D eigenvalue weighted by Crippen LogP contribution is 2.28. The van der Waals surface area contributed by atoms with Crippen molar-refractivity contribution in [1.82, 2.24) is 5.32 Å². The molecule has 1 N–H and O–H groups in total. The van der Waals surface area contributed by atoms with Gasteiger partial charge in [-0.1, -0.05) is 31.7 Å². The topological polar surface area (TPSA) is 21.3 Å². The number of hydrogen-bond donors (Lipinski definition) is 1. The molecule has 0 amide bonds. The first-order valence-corrected chi connectivity index (χ1v) is 8.12. The summed E-state index contributed by atoms with van der Waals surface area (Å²) in [7, 11) is 1.70. The summed E-state index contributed by atoms with van der Waals surface area (Å²) < 4.78 is 6.26. The molecule has 0 saturated heterocycles. The average molecular weight is 326 g/mol. The van der Waals surface area contributed by atoms with E-state index in [1.54, 1.807) is 7.11 Å². The SMILES string of the molecule is COc1ccc(CNCCCC2CCCC2)cc1Br. The Kier molecular flexibility index (Phi) is 6.18. The lowest BCUT2D eigenvalue weighted by molar-refractivity contribution is 0.412. The lowest BCUT2D eigenvalue weighted by Gasteiger charge is -2.10. The third-order valence-electron chi connectivity index (χ3n) is 3.99. The second kappa shape index (κ2) is 7.91. The fraction of sp³-hybridized carbons (Fsp3) is 0.625. The third kappa shape index (κ3) is 4.81. The van der Waals surface area contributed by atoms with E-state index in [0.29, 0.717) is 0 Å². The van der Waals surface area contributed by atoms with Crippen LogP contribution in [-0.4, -0.2) is 13.7 Å². The van der Waals surface area contributed by atoms with Crippen LogP contribution in [0.4, 0.5) is 0 Å². The highest BCUT2D eigenvalue weighted by molar-refractivity contribution is 9.10. The van der Waals surface area contributed by atoms with Crippen LogP contribution in [0.3, 0.4) is 0 Å². The zero-order valence-electron chi connectivity index (χ0n) is 11.8. The molecule has 1 saturated carbocycles. The maximum atomic E-state index is 5.23. The number of nitrogens with one attached hydrogen (secondary N) is 1. The van der Waals surface area contributed by atoms with Crippen LogP contribution in [0, 0.1) is 5.92 Å². The van der Waals surface area contributed by atoms with E-state index < -0.39 is 0 Å². The van der Waals surface area contributed by atoms with E-state index in [1.165, 1.54) is 44.1 Å². The summed E-state index contributed by atoms with van der Waals surface area (Å²) in [5.41, 5.74) is 1.30. The Bertz CT molecular complexity index is 388. The molecule has 0 spiro atoms. The van der Waals surface area contributed by atoms with E-state index in [1.807, 2.05) is 6.07 Å². The fourth-order valence-electron chi connectivity index (χ4n) is 2.87. The minimum Gasteiger partial charge on any atom is -0.496 e. The number of methoxy groups -OCH3 is 1. The third-order valence-corrected chi connectivity index (χ3v) is 4.61. The van der Waals surface area contributed by atoms with Crippen molar-refractivity contribution >= 4 is 15.9 Å². The molecule has 0 bridgehead atoms. The average Bonchev–Trinajstić information content (AvgIpc) is 2.92. The zero-order chi connectivity index (χ0) is 13.5. The molecule has 19 heavy (non-hydrogen) atoms. The normalized spacial score (nSPS) is 15.9. The van der Waals surface area contributed by atoms with Gasteiger partial charge in [-0.2, -0.15) is 0 Å². The smallest absolute Gasteiger partial charge is 0.133 e. The van der Waals surface area contributed by atoms with Gasteiger partial charge in [-0.3, -0.25) is 0 Å². The van der Waals surface area contributed by atoms with Crippen LogP contribution >= 0.6 is 15.9 Å². The summed E-state index contributed by atoms with van der Waals surface area (Å²) in [6.45, 7) is 2.06. The van der Waals surface area contributed by atoms with Crippen LogP contribution in [0.5, 0.6) is 5.75 Å². The zero-order valence-corrected chi connectivity index (χ0v) is 13.3. The second-order valence-electron chi connectivity index (χ2n) is 5.44. The molecule has 2 nitrogen and oxygen atoms in total. The molecule has 0 atom stereocenters. The molecule has 1 aromatic rings. The molecule has 1 aliphatic rings. The second-order valence-corrected chi connectivity index (χ2v) is 6.29. The van der Waals surface area contributed by atoms with Gasteiger partial charge in [0.2, 0.25) is 0 Å². The molecule has 106 valence electrons. The van der Waals surface area contributed by atoms with E-state index in [-0.39, 0.29) is 0 Å². The molecule has 1 aromatic carbocycles. The molecule has 0 aromatic heterocycles. The van der Waals surface area contributed by atoms with E-state index in [9.17, 15) is 0 Å². The summed E-state index contributed by atoms with van der Waals surface area (Å²) >= 11 is 3.52. The van der Waals surface area contributed by atoms with Gasteiger partial charge in [-0.15, -0.1) is 0 Å². The van der Waals surface area contributed by atoms with Crippen LogP contribution in [0.25, 0.3) is 0 Å². The molecule has 1 fully saturated rings. The van der Waals surface area contributed by atoms with E-state index >= 15 is 0 Å². The van der Waals surface area contributed by atoms with Crippen molar-refractivity contribution in [2.45, 2.75) is 45.1 Å². The molecule has 0 aliphatic heterocycles. The Morgan fingerprint density at radius 1 is 1.32 bits per heavy atom. The van der Waals surface area contributed by atoms with Crippen molar-refractivity contribution in [3.8, 4) is 5.75 Å². The summed E-state index contributed by atoms with van der Waals surface area (Å²) in [4.78, 5) is 0. The van der Waals surface area contributed by atoms with Crippen LogP contribution in [0.15, 0.2) is 22.7 Å². The molecular formula is C16H24BrNO. The number of ether oxygens (including phenoxy) is 1. The van der Waals surface area contributed by atoms with E-state index in [0.717, 1.165) is 29.2 Å². The first kappa shape index (κ1) is 14.9. The molecule has 0 unspecified atom stereocenters. The minimum absolute atomic E-state index is 0.894. The molecule has 0 heterocycles. The van der Waals surface area contributed by atoms with Gasteiger partial charge in [0.05, 0.1) is 11.6 Å². The molecular weight excluding hydrogens is 302 g/mol. The molecule has 1 aliphatic carbocycles. The monoisotopic (exact) mass is 325 g/mol. The van der Waals surface area contributed by atoms with Gasteiger partial charge in [-0.05, 0) is 58.9 Å². The lowest BCUT2D eigenvalue weighted by Crippen LogP contribution is -2.15. The quantitative estimate of drug-likeness (QED) is 0.744. The Balaban J connectivity index is 1.63. The van der Waals surface area contributed by atoms with Crippen molar-refractivity contribution in [3.05, 3.63) is 28.2 Å². The molecule has 0 radical (unpaired) electrons. The number of rotatable bonds is 7. The first-order valence-electron chi connectivity index (χ1n) is 7.32. The standard InChI is InChI=1S/C16H24BrNO/c1-19-16-9-8-14(11-15(16)17)12-18-10-4-7-13-5-2-3-6-13/h8-9,11,13,18H,2-7,10,12H2,1H3. The van der Waals surface area contributed by atoms with Crippen LogP contribution in [0.2, 0.25) is 0 Å². The summed E-state index contributed by atoms with van der Waals surface area (Å²) in [6.07, 6.45) is 8.55. The molecule has 2 rings (SSSR count). The fourth-order valence-corrected chi connectivity index (χ4v) is 3.46. The summed E-state index contributed by atoms with van der Waals surface area (Å²) in [5, 5.41) is 3.53. The van der Waals surface area contributed by atoms with Crippen LogP contribution in [-0.2, 0) is 6.54 Å². The number of hydrogen-bond acceptors (Lipinski definition) is 2. The Labute approximate surface area is 125 Å². The van der Waals surface area contributed by atoms with Crippen LogP contribution in [0.1, 0.15) is 44.1 Å². The van der Waals surface area contributed by atoms with E-state index in [4.69, 9.17) is 4.74 Å². The van der Waals surface area contributed by atoms with Crippen molar-refractivity contribution in [2.75, 3.05) is 13.7 Å². The van der Waals surface area contributed by atoms with Gasteiger partial charge in [-0.25, -0.2) is 0 Å². The maximum absolute atomic E-state index is 5.23. The van der Waals surface area contributed by atoms with Crippen molar-refractivity contribution < 1.29 is 4.74 Å². The Morgan fingerprint density at radius 3 is 2.79 bits per heavy atom. The van der Waals surface area contributed by atoms with Gasteiger partial charge in [0, 0.05) is 6.54 Å². The number of benzene rings is 1. The highest BCUT2D eigenvalue weighted by atomic mass is 79.9. The predicted molar refractivity (Wildman–Crippen MR) is 83.6 cm³/mol. The Hall–Kier alpha value is -0.540. The first-order chi connectivity index (χ1) is 9.29. The van der Waals surface area contributed by atoms with Crippen LogP contribution < -0.4 is 10.1 Å². The van der Waals surface area contributed by atoms with Gasteiger partial charge < -0.3 is 10.1 Å². The Morgan fingerprint density at radius 2 is 2.11 bits per heavy atom. The molecule has 3 heteroatoms. The largest absolute Gasteiger partial charge is 0.496 e. The van der Waals surface area contributed by atoms with Crippen molar-refractivity contribution in [1.29, 1.82) is 0 Å². The van der Waals surface area contributed by atoms with Crippen molar-refractivity contribution in [2.24, 2.45) is 5.92 Å². The predicted octanol–water partition coefficient (Wildman–Crippen LogP) is 4.52. The number of halogens is 1. The summed E-state index contributed by atoms with van der Waals surface area (Å²) in [5.74, 6) is 1.90. The van der Waals surface area contributed by atoms with Gasteiger partial charge >= 0.3 is 0 Å². The van der Waals surface area contributed by atoms with E-state index in [2.05, 4.69) is 33.4 Å². The lowest BCUT2D eigenvalue weighted by atomic mass is 10.0. The highest BCUT2D eigenvalue weighted by Gasteiger charge is 2.13.